The van der Waals surface area contributed by atoms with Crippen LogP contribution < -0.4 is 4.74 Å². The highest BCUT2D eigenvalue weighted by molar-refractivity contribution is 6.02. The summed E-state index contributed by atoms with van der Waals surface area (Å²) in [5.74, 6) is 2.63. The van der Waals surface area contributed by atoms with E-state index in [0.29, 0.717) is 12.5 Å². The number of hydrogen-bond donors (Lipinski definition) is 0. The molecule has 3 aromatic rings. The van der Waals surface area contributed by atoms with Gasteiger partial charge in [0.15, 0.2) is 0 Å². The normalized spacial score (nSPS) is 20.7. The van der Waals surface area contributed by atoms with Gasteiger partial charge in [0.2, 0.25) is 0 Å². The summed E-state index contributed by atoms with van der Waals surface area (Å²) in [7, 11) is 0. The van der Waals surface area contributed by atoms with Crippen molar-refractivity contribution in [3.05, 3.63) is 30.2 Å². The molecule has 0 amide bonds. The zero-order valence-corrected chi connectivity index (χ0v) is 17.1. The van der Waals surface area contributed by atoms with Crippen molar-refractivity contribution in [2.45, 2.75) is 51.7 Å². The molecule has 6 nitrogen and oxygen atoms in total. The van der Waals surface area contributed by atoms with Gasteiger partial charge in [-0.2, -0.15) is 0 Å². The summed E-state index contributed by atoms with van der Waals surface area (Å²) in [5.41, 5.74) is 3.14. The lowest BCUT2D eigenvalue weighted by atomic mass is 10.00. The van der Waals surface area contributed by atoms with Crippen molar-refractivity contribution in [2.75, 3.05) is 26.4 Å². The van der Waals surface area contributed by atoms with Gasteiger partial charge in [0.1, 0.15) is 23.7 Å². The average molecular weight is 396 g/mol. The van der Waals surface area contributed by atoms with Crippen molar-refractivity contribution >= 4 is 21.9 Å². The maximum absolute atomic E-state index is 5.99. The van der Waals surface area contributed by atoms with Crippen molar-refractivity contribution in [3.8, 4) is 5.75 Å². The lowest BCUT2D eigenvalue weighted by Crippen LogP contribution is -2.21. The molecule has 6 heteroatoms. The predicted octanol–water partition coefficient (Wildman–Crippen LogP) is 4.13. The molecule has 0 N–H and O–H groups in total. The van der Waals surface area contributed by atoms with Gasteiger partial charge in [0, 0.05) is 44.2 Å². The Morgan fingerprint density at radius 2 is 2.03 bits per heavy atom. The Balaban J connectivity index is 1.48. The van der Waals surface area contributed by atoms with E-state index in [4.69, 9.17) is 19.2 Å². The van der Waals surface area contributed by atoms with E-state index in [1.807, 2.05) is 12.3 Å². The number of nitrogens with zero attached hydrogens (tertiary/aromatic N) is 3. The minimum Gasteiger partial charge on any atom is -0.491 e. The Morgan fingerprint density at radius 1 is 1.14 bits per heavy atom. The Bertz CT molecular complexity index is 988. The monoisotopic (exact) mass is 395 g/mol. The SMILES string of the molecule is CCc1nc2cnc3cc(OCC4CCCO4)ccc3c2n1CC1CCOCC1. The van der Waals surface area contributed by atoms with E-state index in [0.717, 1.165) is 86.5 Å². The van der Waals surface area contributed by atoms with Crippen LogP contribution >= 0.6 is 0 Å². The van der Waals surface area contributed by atoms with Crippen LogP contribution in [-0.4, -0.2) is 47.1 Å². The van der Waals surface area contributed by atoms with E-state index in [1.54, 1.807) is 0 Å². The van der Waals surface area contributed by atoms with Crippen LogP contribution in [0.15, 0.2) is 24.4 Å². The maximum atomic E-state index is 5.99. The molecule has 2 aromatic heterocycles. The number of benzene rings is 1. The van der Waals surface area contributed by atoms with Crippen molar-refractivity contribution in [2.24, 2.45) is 5.92 Å². The second-order valence-corrected chi connectivity index (χ2v) is 8.16. The van der Waals surface area contributed by atoms with Crippen LogP contribution in [0, 0.1) is 5.92 Å². The van der Waals surface area contributed by atoms with Crippen LogP contribution in [0.1, 0.15) is 38.4 Å². The van der Waals surface area contributed by atoms with E-state index in [1.165, 1.54) is 5.52 Å². The van der Waals surface area contributed by atoms with Gasteiger partial charge in [-0.05, 0) is 43.7 Å². The summed E-state index contributed by atoms with van der Waals surface area (Å²) in [5, 5.41) is 1.14. The van der Waals surface area contributed by atoms with Gasteiger partial charge in [0.05, 0.1) is 23.3 Å². The highest BCUT2D eigenvalue weighted by Gasteiger charge is 2.20. The number of hydrogen-bond acceptors (Lipinski definition) is 5. The number of fused-ring (bicyclic) bond motifs is 3. The summed E-state index contributed by atoms with van der Waals surface area (Å²) in [6, 6.07) is 6.23. The van der Waals surface area contributed by atoms with Crippen LogP contribution in [-0.2, 0) is 22.4 Å². The van der Waals surface area contributed by atoms with Gasteiger partial charge >= 0.3 is 0 Å². The van der Waals surface area contributed by atoms with Crippen LogP contribution in [0.4, 0.5) is 0 Å². The molecule has 1 unspecified atom stereocenters. The molecule has 0 spiro atoms. The lowest BCUT2D eigenvalue weighted by molar-refractivity contribution is 0.0614. The molecule has 0 saturated carbocycles. The molecule has 0 bridgehead atoms. The Morgan fingerprint density at radius 3 is 2.83 bits per heavy atom. The van der Waals surface area contributed by atoms with E-state index in [9.17, 15) is 0 Å². The third kappa shape index (κ3) is 3.83. The molecule has 2 fully saturated rings. The number of aromatic nitrogens is 3. The van der Waals surface area contributed by atoms with Gasteiger partial charge < -0.3 is 18.8 Å². The summed E-state index contributed by atoms with van der Waals surface area (Å²) in [4.78, 5) is 9.56. The number of pyridine rings is 1. The first-order valence-corrected chi connectivity index (χ1v) is 10.9. The molecule has 2 aliphatic heterocycles. The summed E-state index contributed by atoms with van der Waals surface area (Å²) >= 11 is 0. The van der Waals surface area contributed by atoms with E-state index in [-0.39, 0.29) is 6.10 Å². The molecule has 0 radical (unpaired) electrons. The quantitative estimate of drug-likeness (QED) is 0.628. The number of imidazole rings is 1. The minimum atomic E-state index is 0.217. The number of ether oxygens (including phenoxy) is 3. The van der Waals surface area contributed by atoms with Crippen molar-refractivity contribution < 1.29 is 14.2 Å². The topological polar surface area (TPSA) is 58.4 Å². The minimum absolute atomic E-state index is 0.217. The fourth-order valence-electron chi connectivity index (χ4n) is 4.55. The van der Waals surface area contributed by atoms with Gasteiger partial charge in [-0.25, -0.2) is 4.98 Å². The fraction of sp³-hybridized carbons (Fsp3) is 0.565. The second kappa shape index (κ2) is 8.28. The van der Waals surface area contributed by atoms with E-state index in [2.05, 4.69) is 28.6 Å². The molecular weight excluding hydrogens is 366 g/mol. The largest absolute Gasteiger partial charge is 0.491 e. The summed E-state index contributed by atoms with van der Waals surface area (Å²) in [6.45, 7) is 6.37. The highest BCUT2D eigenvalue weighted by Crippen LogP contribution is 2.30. The summed E-state index contributed by atoms with van der Waals surface area (Å²) in [6.07, 6.45) is 7.48. The Labute approximate surface area is 171 Å². The second-order valence-electron chi connectivity index (χ2n) is 8.16. The molecule has 5 rings (SSSR count). The molecular formula is C23H29N3O3. The van der Waals surface area contributed by atoms with Crippen molar-refractivity contribution in [1.29, 1.82) is 0 Å². The standard InChI is InChI=1S/C23H29N3O3/c1-2-22-25-21-13-24-20-12-17(29-15-18-4-3-9-28-18)5-6-19(20)23(21)26(22)14-16-7-10-27-11-8-16/h5-6,12-13,16,18H,2-4,7-11,14-15H2,1H3. The molecule has 4 heterocycles. The van der Waals surface area contributed by atoms with Crippen molar-refractivity contribution in [1.82, 2.24) is 14.5 Å². The van der Waals surface area contributed by atoms with Gasteiger partial charge in [0.25, 0.3) is 0 Å². The highest BCUT2D eigenvalue weighted by atomic mass is 16.5. The summed E-state index contributed by atoms with van der Waals surface area (Å²) < 4.78 is 19.6. The first kappa shape index (κ1) is 18.8. The fourth-order valence-corrected chi connectivity index (χ4v) is 4.55. The van der Waals surface area contributed by atoms with Gasteiger partial charge in [-0.1, -0.05) is 6.92 Å². The molecule has 1 aromatic carbocycles. The van der Waals surface area contributed by atoms with Crippen molar-refractivity contribution in [3.63, 3.8) is 0 Å². The van der Waals surface area contributed by atoms with Gasteiger partial charge in [-0.3, -0.25) is 4.98 Å². The molecule has 2 saturated heterocycles. The third-order valence-electron chi connectivity index (χ3n) is 6.18. The van der Waals surface area contributed by atoms with E-state index < -0.39 is 0 Å². The smallest absolute Gasteiger partial charge is 0.121 e. The number of rotatable bonds is 6. The molecule has 29 heavy (non-hydrogen) atoms. The Kier molecular flexibility index (Phi) is 5.38. The zero-order chi connectivity index (χ0) is 19.6. The molecule has 1 atom stereocenters. The van der Waals surface area contributed by atoms with Crippen LogP contribution in [0.2, 0.25) is 0 Å². The Hall–Kier alpha value is -2.18. The zero-order valence-electron chi connectivity index (χ0n) is 17.1. The predicted molar refractivity (Wildman–Crippen MR) is 112 cm³/mol. The van der Waals surface area contributed by atoms with Crippen LogP contribution in [0.3, 0.4) is 0 Å². The number of aryl methyl sites for hydroxylation is 1. The van der Waals surface area contributed by atoms with E-state index >= 15 is 0 Å². The first-order valence-electron chi connectivity index (χ1n) is 10.9. The van der Waals surface area contributed by atoms with Crippen LogP contribution in [0.5, 0.6) is 5.75 Å². The van der Waals surface area contributed by atoms with Gasteiger partial charge in [-0.15, -0.1) is 0 Å². The average Bonchev–Trinajstić information content (AvgIpc) is 3.41. The molecule has 154 valence electrons. The molecule has 2 aliphatic rings. The first-order chi connectivity index (χ1) is 14.3. The maximum Gasteiger partial charge on any atom is 0.121 e. The third-order valence-corrected chi connectivity index (χ3v) is 6.18. The molecule has 0 aliphatic carbocycles. The van der Waals surface area contributed by atoms with Crippen LogP contribution in [0.25, 0.3) is 21.9 Å². The lowest BCUT2D eigenvalue weighted by Gasteiger charge is -2.23.